The summed E-state index contributed by atoms with van der Waals surface area (Å²) in [6.07, 6.45) is -0.594. The van der Waals surface area contributed by atoms with Gasteiger partial charge in [-0.2, -0.15) is 5.26 Å². The number of nitriles is 1. The monoisotopic (exact) mass is 264 g/mol. The first kappa shape index (κ1) is 15.0. The van der Waals surface area contributed by atoms with E-state index >= 15 is 0 Å². The van der Waals surface area contributed by atoms with Crippen LogP contribution in [0, 0.1) is 17.1 Å². The van der Waals surface area contributed by atoms with Gasteiger partial charge in [0.2, 0.25) is 0 Å². The van der Waals surface area contributed by atoms with Gasteiger partial charge < -0.3 is 4.74 Å². The largest absolute Gasteiger partial charge is 0.444 e. The minimum absolute atomic E-state index is 0.389. The molecule has 102 valence electrons. The Morgan fingerprint density at radius 2 is 1.89 bits per heavy atom. The van der Waals surface area contributed by atoms with Crippen molar-refractivity contribution < 1.29 is 13.9 Å². The van der Waals surface area contributed by atoms with Gasteiger partial charge in [0.15, 0.2) is 0 Å². The van der Waals surface area contributed by atoms with E-state index in [9.17, 15) is 14.4 Å². The zero-order chi connectivity index (χ0) is 14.6. The Morgan fingerprint density at radius 3 is 2.32 bits per heavy atom. The van der Waals surface area contributed by atoms with E-state index in [1.165, 1.54) is 36.2 Å². The molecule has 0 saturated carbocycles. The molecule has 0 aromatic heterocycles. The van der Waals surface area contributed by atoms with Crippen molar-refractivity contribution >= 4 is 6.09 Å². The normalized spacial score (nSPS) is 12.4. The lowest BCUT2D eigenvalue weighted by molar-refractivity contribution is 0.0258. The molecule has 19 heavy (non-hydrogen) atoms. The molecule has 0 aliphatic heterocycles. The fourth-order valence-electron chi connectivity index (χ4n) is 1.47. The Bertz CT molecular complexity index is 486. The highest BCUT2D eigenvalue weighted by molar-refractivity contribution is 5.69. The standard InChI is InChI=1S/C14H17FN2O2/c1-14(2,3)19-13(18)17(4)12(9-16)10-5-7-11(15)8-6-10/h5-8,12H,1-4H3. The molecule has 1 aromatic carbocycles. The smallest absolute Gasteiger partial charge is 0.411 e. The van der Waals surface area contributed by atoms with E-state index in [-0.39, 0.29) is 5.82 Å². The zero-order valence-corrected chi connectivity index (χ0v) is 11.5. The summed E-state index contributed by atoms with van der Waals surface area (Å²) in [4.78, 5) is 13.1. The Kier molecular flexibility index (Phi) is 4.49. The maximum absolute atomic E-state index is 12.8. The molecular weight excluding hydrogens is 247 g/mol. The molecule has 1 unspecified atom stereocenters. The summed E-state index contributed by atoms with van der Waals surface area (Å²) < 4.78 is 18.0. The number of carbonyl (C=O) groups is 1. The molecule has 5 heteroatoms. The number of carbonyl (C=O) groups excluding carboxylic acids is 1. The third-order valence-corrected chi connectivity index (χ3v) is 2.38. The van der Waals surface area contributed by atoms with Crippen LogP contribution in [0.25, 0.3) is 0 Å². The van der Waals surface area contributed by atoms with Crippen molar-refractivity contribution in [1.29, 1.82) is 5.26 Å². The summed E-state index contributed by atoms with van der Waals surface area (Å²) in [6.45, 7) is 5.24. The van der Waals surface area contributed by atoms with Gasteiger partial charge in [-0.25, -0.2) is 9.18 Å². The average Bonchev–Trinajstić information content (AvgIpc) is 2.30. The second kappa shape index (κ2) is 5.70. The molecule has 0 aliphatic carbocycles. The number of hydrogen-bond donors (Lipinski definition) is 0. The van der Waals surface area contributed by atoms with Gasteiger partial charge in [0.05, 0.1) is 6.07 Å². The highest BCUT2D eigenvalue weighted by Crippen LogP contribution is 2.21. The molecule has 0 radical (unpaired) electrons. The van der Waals surface area contributed by atoms with Crippen molar-refractivity contribution in [2.45, 2.75) is 32.4 Å². The van der Waals surface area contributed by atoms with E-state index in [4.69, 9.17) is 4.74 Å². The number of benzene rings is 1. The van der Waals surface area contributed by atoms with Crippen LogP contribution in [0.4, 0.5) is 9.18 Å². The van der Waals surface area contributed by atoms with Crippen LogP contribution in [0.3, 0.4) is 0 Å². The van der Waals surface area contributed by atoms with Crippen molar-refractivity contribution in [3.8, 4) is 6.07 Å². The lowest BCUT2D eigenvalue weighted by atomic mass is 10.1. The number of halogens is 1. The molecule has 0 spiro atoms. The van der Waals surface area contributed by atoms with Crippen LogP contribution in [0.5, 0.6) is 0 Å². The van der Waals surface area contributed by atoms with Gasteiger partial charge in [-0.1, -0.05) is 12.1 Å². The van der Waals surface area contributed by atoms with E-state index in [2.05, 4.69) is 0 Å². The van der Waals surface area contributed by atoms with E-state index < -0.39 is 17.7 Å². The van der Waals surface area contributed by atoms with Gasteiger partial charge in [0.1, 0.15) is 17.5 Å². The molecule has 0 saturated heterocycles. The highest BCUT2D eigenvalue weighted by atomic mass is 19.1. The lowest BCUT2D eigenvalue weighted by Crippen LogP contribution is -2.36. The molecule has 0 N–H and O–H groups in total. The van der Waals surface area contributed by atoms with E-state index in [0.29, 0.717) is 5.56 Å². The predicted octanol–water partition coefficient (Wildman–Crippen LogP) is 3.26. The Hall–Kier alpha value is -2.09. The maximum Gasteiger partial charge on any atom is 0.411 e. The fraction of sp³-hybridized carbons (Fsp3) is 0.429. The van der Waals surface area contributed by atoms with Crippen LogP contribution in [-0.4, -0.2) is 23.6 Å². The van der Waals surface area contributed by atoms with Crippen molar-refractivity contribution in [3.63, 3.8) is 0 Å². The van der Waals surface area contributed by atoms with Crippen LogP contribution in [0.15, 0.2) is 24.3 Å². The predicted molar refractivity (Wildman–Crippen MR) is 68.8 cm³/mol. The van der Waals surface area contributed by atoms with Gasteiger partial charge in [-0.15, -0.1) is 0 Å². The van der Waals surface area contributed by atoms with Crippen LogP contribution in [0.2, 0.25) is 0 Å². The van der Waals surface area contributed by atoms with Crippen molar-refractivity contribution in [2.24, 2.45) is 0 Å². The SMILES string of the molecule is CN(C(=O)OC(C)(C)C)C(C#N)c1ccc(F)cc1. The molecule has 1 atom stereocenters. The Morgan fingerprint density at radius 1 is 1.37 bits per heavy atom. The molecule has 1 rings (SSSR count). The number of hydrogen-bond acceptors (Lipinski definition) is 3. The molecule has 4 nitrogen and oxygen atoms in total. The van der Waals surface area contributed by atoms with Gasteiger partial charge in [0.25, 0.3) is 0 Å². The van der Waals surface area contributed by atoms with Crippen LogP contribution >= 0.6 is 0 Å². The van der Waals surface area contributed by atoms with Crippen LogP contribution in [-0.2, 0) is 4.74 Å². The van der Waals surface area contributed by atoms with E-state index in [1.54, 1.807) is 20.8 Å². The second-order valence-electron chi connectivity index (χ2n) is 5.17. The minimum atomic E-state index is -0.810. The number of nitrogens with zero attached hydrogens (tertiary/aromatic N) is 2. The van der Waals surface area contributed by atoms with Gasteiger partial charge in [-0.3, -0.25) is 4.90 Å². The number of ether oxygens (including phenoxy) is 1. The first-order chi connectivity index (χ1) is 8.74. The summed E-state index contributed by atoms with van der Waals surface area (Å²) in [5, 5.41) is 9.17. The topological polar surface area (TPSA) is 53.3 Å². The Balaban J connectivity index is 2.89. The molecule has 1 aromatic rings. The molecule has 0 bridgehead atoms. The second-order valence-corrected chi connectivity index (χ2v) is 5.17. The third-order valence-electron chi connectivity index (χ3n) is 2.38. The summed E-state index contributed by atoms with van der Waals surface area (Å²) in [7, 11) is 1.48. The Labute approximate surface area is 112 Å². The first-order valence-corrected chi connectivity index (χ1v) is 5.85. The van der Waals surface area contributed by atoms with Crippen molar-refractivity contribution in [3.05, 3.63) is 35.6 Å². The van der Waals surface area contributed by atoms with E-state index in [1.807, 2.05) is 6.07 Å². The lowest BCUT2D eigenvalue weighted by Gasteiger charge is -2.27. The highest BCUT2D eigenvalue weighted by Gasteiger charge is 2.26. The first-order valence-electron chi connectivity index (χ1n) is 5.85. The maximum atomic E-state index is 12.8. The van der Waals surface area contributed by atoms with Crippen LogP contribution < -0.4 is 0 Å². The molecule has 1 amide bonds. The molecular formula is C14H17FN2O2. The quantitative estimate of drug-likeness (QED) is 0.823. The molecule has 0 heterocycles. The summed E-state index contributed by atoms with van der Waals surface area (Å²) in [6, 6.07) is 6.65. The molecule has 0 fully saturated rings. The van der Waals surface area contributed by atoms with Crippen molar-refractivity contribution in [1.82, 2.24) is 4.90 Å². The van der Waals surface area contributed by atoms with Gasteiger partial charge in [0, 0.05) is 7.05 Å². The van der Waals surface area contributed by atoms with Gasteiger partial charge >= 0.3 is 6.09 Å². The average molecular weight is 264 g/mol. The summed E-state index contributed by atoms with van der Waals surface area (Å²) in [5.41, 5.74) is -0.0917. The van der Waals surface area contributed by atoms with E-state index in [0.717, 1.165) is 0 Å². The third kappa shape index (κ3) is 4.25. The van der Waals surface area contributed by atoms with Crippen molar-refractivity contribution in [2.75, 3.05) is 7.05 Å². The van der Waals surface area contributed by atoms with Gasteiger partial charge in [-0.05, 0) is 38.5 Å². The van der Waals surface area contributed by atoms with Crippen LogP contribution in [0.1, 0.15) is 32.4 Å². The fourth-order valence-corrected chi connectivity index (χ4v) is 1.47. The summed E-state index contributed by atoms with van der Waals surface area (Å²) >= 11 is 0. The minimum Gasteiger partial charge on any atom is -0.444 e. The summed E-state index contributed by atoms with van der Waals surface area (Å²) in [5.74, 6) is -0.389. The number of amides is 1. The molecule has 0 aliphatic rings. The zero-order valence-electron chi connectivity index (χ0n) is 11.5. The number of rotatable bonds is 2.